The van der Waals surface area contributed by atoms with Crippen molar-refractivity contribution in [1.29, 1.82) is 0 Å². The Hall–Kier alpha value is -2.73. The predicted molar refractivity (Wildman–Crippen MR) is 110 cm³/mol. The number of likely N-dealkylation sites (tertiary alicyclic amines) is 1. The first-order chi connectivity index (χ1) is 14.3. The number of hydrogen-bond acceptors (Lipinski definition) is 5. The summed E-state index contributed by atoms with van der Waals surface area (Å²) in [5, 5.41) is 3.19. The Morgan fingerprint density at radius 3 is 2.31 bits per heavy atom. The molecule has 0 atom stereocenters. The second-order valence-corrected chi connectivity index (χ2v) is 7.65. The lowest BCUT2D eigenvalue weighted by molar-refractivity contribution is 0.0761. The molecule has 2 aliphatic heterocycles. The van der Waals surface area contributed by atoms with Gasteiger partial charge in [0.05, 0.1) is 6.61 Å². The topological polar surface area (TPSA) is 60.0 Å². The van der Waals surface area contributed by atoms with E-state index in [9.17, 15) is 4.79 Å². The number of piperidine rings is 1. The molecular weight excluding hydrogens is 368 g/mol. The molecule has 2 fully saturated rings. The summed E-state index contributed by atoms with van der Waals surface area (Å²) in [6.07, 6.45) is 1.91. The second kappa shape index (κ2) is 9.65. The van der Waals surface area contributed by atoms with Gasteiger partial charge in [0.25, 0.3) is 0 Å². The molecule has 2 aromatic carbocycles. The van der Waals surface area contributed by atoms with Crippen LogP contribution in [0.5, 0.6) is 11.5 Å². The van der Waals surface area contributed by atoms with Gasteiger partial charge in [0, 0.05) is 26.2 Å². The number of nitrogens with zero attached hydrogens (tertiary/aromatic N) is 1. The summed E-state index contributed by atoms with van der Waals surface area (Å²) in [6, 6.07) is 17.6. The van der Waals surface area contributed by atoms with Gasteiger partial charge < -0.3 is 24.4 Å². The van der Waals surface area contributed by atoms with Gasteiger partial charge in [-0.15, -0.1) is 0 Å². The van der Waals surface area contributed by atoms with E-state index in [0.717, 1.165) is 43.0 Å². The summed E-state index contributed by atoms with van der Waals surface area (Å²) in [5.41, 5.74) is 1.00. The van der Waals surface area contributed by atoms with E-state index < -0.39 is 0 Å². The van der Waals surface area contributed by atoms with Crippen molar-refractivity contribution < 1.29 is 19.0 Å². The van der Waals surface area contributed by atoms with E-state index in [0.29, 0.717) is 32.2 Å². The van der Waals surface area contributed by atoms with Crippen LogP contribution in [0.3, 0.4) is 0 Å². The summed E-state index contributed by atoms with van der Waals surface area (Å²) in [7, 11) is 0. The number of benzene rings is 2. The van der Waals surface area contributed by atoms with Crippen LogP contribution in [0.4, 0.5) is 4.79 Å². The molecule has 2 heterocycles. The van der Waals surface area contributed by atoms with Gasteiger partial charge >= 0.3 is 6.09 Å². The van der Waals surface area contributed by atoms with Crippen molar-refractivity contribution in [3.63, 3.8) is 0 Å². The lowest BCUT2D eigenvalue weighted by atomic mass is 9.98. The van der Waals surface area contributed by atoms with E-state index in [1.54, 1.807) is 4.90 Å². The van der Waals surface area contributed by atoms with Crippen LogP contribution in [0.15, 0.2) is 54.6 Å². The van der Waals surface area contributed by atoms with Gasteiger partial charge in [-0.25, -0.2) is 4.79 Å². The van der Waals surface area contributed by atoms with Crippen LogP contribution in [0.25, 0.3) is 0 Å². The van der Waals surface area contributed by atoms with Crippen LogP contribution in [-0.2, 0) is 11.3 Å². The molecule has 0 saturated carbocycles. The Morgan fingerprint density at radius 2 is 1.66 bits per heavy atom. The van der Waals surface area contributed by atoms with Crippen molar-refractivity contribution in [2.75, 3.05) is 32.8 Å². The fourth-order valence-corrected chi connectivity index (χ4v) is 3.46. The molecule has 0 unspecified atom stereocenters. The summed E-state index contributed by atoms with van der Waals surface area (Å²) in [4.78, 5) is 14.0. The molecule has 2 aliphatic rings. The molecule has 0 bridgehead atoms. The third-order valence-electron chi connectivity index (χ3n) is 5.43. The number of rotatable bonds is 7. The smallest absolute Gasteiger partial charge is 0.410 e. The Morgan fingerprint density at radius 1 is 0.966 bits per heavy atom. The summed E-state index contributed by atoms with van der Waals surface area (Å²) >= 11 is 0. The van der Waals surface area contributed by atoms with Crippen LogP contribution < -0.4 is 14.8 Å². The van der Waals surface area contributed by atoms with Crippen LogP contribution >= 0.6 is 0 Å². The van der Waals surface area contributed by atoms with Gasteiger partial charge in [-0.3, -0.25) is 0 Å². The molecule has 154 valence electrons. The van der Waals surface area contributed by atoms with Crippen LogP contribution in [0.2, 0.25) is 0 Å². The number of amides is 1. The fourth-order valence-electron chi connectivity index (χ4n) is 3.46. The number of ether oxygens (including phenoxy) is 3. The molecule has 6 heteroatoms. The van der Waals surface area contributed by atoms with E-state index >= 15 is 0 Å². The van der Waals surface area contributed by atoms with Crippen LogP contribution in [0, 0.1) is 5.92 Å². The number of carbonyl (C=O) groups excluding carboxylic acids is 1. The van der Waals surface area contributed by atoms with Gasteiger partial charge in [-0.1, -0.05) is 30.3 Å². The summed E-state index contributed by atoms with van der Waals surface area (Å²) in [6.45, 7) is 4.24. The average molecular weight is 396 g/mol. The van der Waals surface area contributed by atoms with E-state index in [4.69, 9.17) is 14.2 Å². The lowest BCUT2D eigenvalue weighted by Gasteiger charge is -2.31. The molecule has 0 aromatic heterocycles. The molecular formula is C23H28N2O4. The number of nitrogens with one attached hydrogen (secondary N) is 1. The molecule has 1 N–H and O–H groups in total. The van der Waals surface area contributed by atoms with Crippen molar-refractivity contribution in [2.45, 2.75) is 25.6 Å². The van der Waals surface area contributed by atoms with Gasteiger partial charge in [0.1, 0.15) is 24.2 Å². The first-order valence-electron chi connectivity index (χ1n) is 10.3. The Bertz CT molecular complexity index is 769. The van der Waals surface area contributed by atoms with E-state index in [-0.39, 0.29) is 12.2 Å². The van der Waals surface area contributed by atoms with Gasteiger partial charge in [0.2, 0.25) is 0 Å². The molecule has 0 aliphatic carbocycles. The highest BCUT2D eigenvalue weighted by atomic mass is 16.6. The molecule has 4 rings (SSSR count). The maximum Gasteiger partial charge on any atom is 0.410 e. The maximum atomic E-state index is 12.2. The molecule has 0 spiro atoms. The zero-order valence-corrected chi connectivity index (χ0v) is 16.6. The van der Waals surface area contributed by atoms with E-state index in [2.05, 4.69) is 5.32 Å². The largest absolute Gasteiger partial charge is 0.493 e. The molecule has 2 aromatic rings. The van der Waals surface area contributed by atoms with Gasteiger partial charge in [0.15, 0.2) is 0 Å². The Balaban J connectivity index is 1.14. The lowest BCUT2D eigenvalue weighted by Crippen LogP contribution is -2.50. The van der Waals surface area contributed by atoms with Crippen LogP contribution in [0.1, 0.15) is 18.4 Å². The van der Waals surface area contributed by atoms with Crippen molar-refractivity contribution in [3.8, 4) is 11.5 Å². The first-order valence-corrected chi connectivity index (χ1v) is 10.3. The Kier molecular flexibility index (Phi) is 6.52. The second-order valence-electron chi connectivity index (χ2n) is 7.65. The van der Waals surface area contributed by atoms with Gasteiger partial charge in [-0.05, 0) is 48.6 Å². The van der Waals surface area contributed by atoms with Crippen LogP contribution in [-0.4, -0.2) is 49.9 Å². The van der Waals surface area contributed by atoms with E-state index in [1.807, 2.05) is 54.6 Å². The predicted octanol–water partition coefficient (Wildman–Crippen LogP) is 3.46. The zero-order chi connectivity index (χ0) is 19.9. The molecule has 1 amide bonds. The summed E-state index contributed by atoms with van der Waals surface area (Å²) in [5.74, 6) is 2.19. The van der Waals surface area contributed by atoms with Crippen molar-refractivity contribution in [1.82, 2.24) is 10.2 Å². The minimum Gasteiger partial charge on any atom is -0.493 e. The highest BCUT2D eigenvalue weighted by Crippen LogP contribution is 2.23. The minimum atomic E-state index is -0.231. The molecule has 29 heavy (non-hydrogen) atoms. The minimum absolute atomic E-state index is 0.231. The Labute approximate surface area is 171 Å². The fraction of sp³-hybridized carbons (Fsp3) is 0.435. The standard InChI is InChI=1S/C23H28N2O4/c26-23(28-17-18-4-2-1-3-5-18)25-12-10-19(11-13-25)16-27-20-6-8-21(9-7-20)29-22-14-24-15-22/h1-9,19,22,24H,10-17H2. The number of carbonyl (C=O) groups is 1. The van der Waals surface area contributed by atoms with Gasteiger partial charge in [-0.2, -0.15) is 0 Å². The highest BCUT2D eigenvalue weighted by Gasteiger charge is 2.24. The van der Waals surface area contributed by atoms with Crippen molar-refractivity contribution >= 4 is 6.09 Å². The monoisotopic (exact) mass is 396 g/mol. The maximum absolute atomic E-state index is 12.2. The number of hydrogen-bond donors (Lipinski definition) is 1. The first kappa shape index (κ1) is 19.6. The molecule has 0 radical (unpaired) electrons. The quantitative estimate of drug-likeness (QED) is 0.777. The SMILES string of the molecule is O=C(OCc1ccccc1)N1CCC(COc2ccc(OC3CNC3)cc2)CC1. The van der Waals surface area contributed by atoms with Crippen molar-refractivity contribution in [3.05, 3.63) is 60.2 Å². The third kappa shape index (κ3) is 5.64. The summed E-state index contributed by atoms with van der Waals surface area (Å²) < 4.78 is 17.2. The van der Waals surface area contributed by atoms with E-state index in [1.165, 1.54) is 0 Å². The normalized spacial score (nSPS) is 17.4. The van der Waals surface area contributed by atoms with Crippen molar-refractivity contribution in [2.24, 2.45) is 5.92 Å². The zero-order valence-electron chi connectivity index (χ0n) is 16.6. The highest BCUT2D eigenvalue weighted by molar-refractivity contribution is 5.67. The third-order valence-corrected chi connectivity index (χ3v) is 5.43. The average Bonchev–Trinajstić information content (AvgIpc) is 2.75. The molecule has 6 nitrogen and oxygen atoms in total. The molecule has 2 saturated heterocycles.